The number of furan rings is 1. The zero-order chi connectivity index (χ0) is 11.6. The number of hydrogen-bond donors (Lipinski definition) is 1. The highest BCUT2D eigenvalue weighted by Gasteiger charge is 1.95. The minimum absolute atomic E-state index is 0.118. The summed E-state index contributed by atoms with van der Waals surface area (Å²) >= 11 is 0. The summed E-state index contributed by atoms with van der Waals surface area (Å²) in [7, 11) is 0. The summed E-state index contributed by atoms with van der Waals surface area (Å²) < 4.78 is 10.2. The van der Waals surface area contributed by atoms with Gasteiger partial charge in [0.25, 0.3) is 0 Å². The highest BCUT2D eigenvalue weighted by Crippen LogP contribution is 2.01. The van der Waals surface area contributed by atoms with Gasteiger partial charge in [-0.2, -0.15) is 0 Å². The van der Waals surface area contributed by atoms with E-state index in [1.165, 1.54) is 6.08 Å². The average Bonchev–Trinajstić information content (AvgIpc) is 2.79. The molecule has 0 radical (unpaired) electrons. The normalized spacial score (nSPS) is 10.8. The van der Waals surface area contributed by atoms with Crippen LogP contribution in [-0.2, 0) is 9.53 Å². The summed E-state index contributed by atoms with van der Waals surface area (Å²) in [5.41, 5.74) is 0. The Hall–Kier alpha value is -1.55. The average molecular weight is 223 g/mol. The number of carbonyl (C=O) groups excluding carboxylic acids is 1. The number of carbonyl (C=O) groups is 1. The van der Waals surface area contributed by atoms with Crippen molar-refractivity contribution >= 4 is 12.0 Å². The lowest BCUT2D eigenvalue weighted by molar-refractivity contribution is -0.116. The molecule has 4 nitrogen and oxygen atoms in total. The molecule has 1 amide bonds. The largest absolute Gasteiger partial charge is 0.465 e. The lowest BCUT2D eigenvalue weighted by atomic mass is 10.3. The Morgan fingerprint density at radius 1 is 1.62 bits per heavy atom. The predicted octanol–water partition coefficient (Wildman–Crippen LogP) is 1.84. The summed E-state index contributed by atoms with van der Waals surface area (Å²) in [6.07, 6.45) is 5.49. The molecule has 0 aliphatic heterocycles. The van der Waals surface area contributed by atoms with E-state index < -0.39 is 0 Å². The van der Waals surface area contributed by atoms with Crippen LogP contribution >= 0.6 is 0 Å². The molecule has 1 aromatic heterocycles. The van der Waals surface area contributed by atoms with E-state index in [-0.39, 0.29) is 5.91 Å². The molecule has 0 saturated heterocycles. The van der Waals surface area contributed by atoms with Gasteiger partial charge in [0.2, 0.25) is 5.91 Å². The van der Waals surface area contributed by atoms with E-state index in [4.69, 9.17) is 9.15 Å². The van der Waals surface area contributed by atoms with Crippen molar-refractivity contribution in [3.8, 4) is 0 Å². The summed E-state index contributed by atoms with van der Waals surface area (Å²) in [5, 5.41) is 2.76. The van der Waals surface area contributed by atoms with E-state index >= 15 is 0 Å². The lowest BCUT2D eigenvalue weighted by Crippen LogP contribution is -2.23. The number of amides is 1. The van der Waals surface area contributed by atoms with Gasteiger partial charge in [0, 0.05) is 25.8 Å². The van der Waals surface area contributed by atoms with Gasteiger partial charge in [0.05, 0.1) is 6.26 Å². The zero-order valence-corrected chi connectivity index (χ0v) is 9.44. The smallest absolute Gasteiger partial charge is 0.244 e. The van der Waals surface area contributed by atoms with Gasteiger partial charge >= 0.3 is 0 Å². The van der Waals surface area contributed by atoms with Crippen molar-refractivity contribution < 1.29 is 13.9 Å². The van der Waals surface area contributed by atoms with Crippen LogP contribution < -0.4 is 5.32 Å². The van der Waals surface area contributed by atoms with Crippen LogP contribution in [0.3, 0.4) is 0 Å². The van der Waals surface area contributed by atoms with Gasteiger partial charge in [0.1, 0.15) is 5.76 Å². The van der Waals surface area contributed by atoms with Gasteiger partial charge in [-0.3, -0.25) is 4.79 Å². The quantitative estimate of drug-likeness (QED) is 0.566. The van der Waals surface area contributed by atoms with Crippen LogP contribution in [-0.4, -0.2) is 25.7 Å². The first-order valence-electron chi connectivity index (χ1n) is 5.40. The van der Waals surface area contributed by atoms with Crippen molar-refractivity contribution in [2.45, 2.75) is 13.3 Å². The van der Waals surface area contributed by atoms with Crippen LogP contribution in [0, 0.1) is 0 Å². The zero-order valence-electron chi connectivity index (χ0n) is 9.44. The predicted molar refractivity (Wildman–Crippen MR) is 61.9 cm³/mol. The first kappa shape index (κ1) is 12.5. The van der Waals surface area contributed by atoms with Crippen LogP contribution in [0.1, 0.15) is 19.1 Å². The number of rotatable bonds is 7. The van der Waals surface area contributed by atoms with E-state index in [0.717, 1.165) is 6.42 Å². The van der Waals surface area contributed by atoms with Crippen LogP contribution in [0.4, 0.5) is 0 Å². The molecule has 0 unspecified atom stereocenters. The molecular weight excluding hydrogens is 206 g/mol. The fourth-order valence-corrected chi connectivity index (χ4v) is 1.13. The number of hydrogen-bond acceptors (Lipinski definition) is 3. The Kier molecular flexibility index (Phi) is 6.03. The molecule has 0 aliphatic carbocycles. The maximum Gasteiger partial charge on any atom is 0.244 e. The molecule has 0 atom stereocenters. The topological polar surface area (TPSA) is 51.5 Å². The van der Waals surface area contributed by atoms with E-state index in [1.54, 1.807) is 24.5 Å². The fraction of sp³-hybridized carbons (Fsp3) is 0.417. The lowest BCUT2D eigenvalue weighted by Gasteiger charge is -2.01. The maximum atomic E-state index is 11.3. The summed E-state index contributed by atoms with van der Waals surface area (Å²) in [4.78, 5) is 11.3. The molecule has 0 aliphatic rings. The Balaban J connectivity index is 2.11. The van der Waals surface area contributed by atoms with Gasteiger partial charge in [-0.1, -0.05) is 0 Å². The fourth-order valence-electron chi connectivity index (χ4n) is 1.13. The van der Waals surface area contributed by atoms with Crippen molar-refractivity contribution in [2.24, 2.45) is 0 Å². The van der Waals surface area contributed by atoms with Crippen molar-refractivity contribution in [1.82, 2.24) is 5.32 Å². The van der Waals surface area contributed by atoms with Gasteiger partial charge in [-0.25, -0.2) is 0 Å². The van der Waals surface area contributed by atoms with E-state index in [9.17, 15) is 4.79 Å². The standard InChI is InChI=1S/C12H17NO3/c1-2-15-9-4-8-13-12(14)7-6-11-5-3-10-16-11/h3,5-7,10H,2,4,8-9H2,1H3,(H,13,14). The van der Waals surface area contributed by atoms with Crippen molar-refractivity contribution in [3.63, 3.8) is 0 Å². The van der Waals surface area contributed by atoms with E-state index in [1.807, 2.05) is 6.92 Å². The van der Waals surface area contributed by atoms with E-state index in [2.05, 4.69) is 5.32 Å². The Labute approximate surface area is 95.3 Å². The molecule has 16 heavy (non-hydrogen) atoms. The molecule has 1 aromatic rings. The second-order valence-corrected chi connectivity index (χ2v) is 3.19. The SMILES string of the molecule is CCOCCCNC(=O)C=Cc1ccco1. The first-order valence-corrected chi connectivity index (χ1v) is 5.40. The van der Waals surface area contributed by atoms with Crippen molar-refractivity contribution in [3.05, 3.63) is 30.2 Å². The Morgan fingerprint density at radius 3 is 3.19 bits per heavy atom. The molecule has 0 bridgehead atoms. The first-order chi connectivity index (χ1) is 7.83. The molecule has 4 heteroatoms. The molecule has 0 saturated carbocycles. The highest BCUT2D eigenvalue weighted by atomic mass is 16.5. The van der Waals surface area contributed by atoms with Crippen molar-refractivity contribution in [2.75, 3.05) is 19.8 Å². The van der Waals surface area contributed by atoms with E-state index in [0.29, 0.717) is 25.5 Å². The minimum Gasteiger partial charge on any atom is -0.465 e. The van der Waals surface area contributed by atoms with Crippen LogP contribution in [0.5, 0.6) is 0 Å². The minimum atomic E-state index is -0.118. The third-order valence-corrected chi connectivity index (χ3v) is 1.91. The van der Waals surface area contributed by atoms with Gasteiger partial charge in [-0.15, -0.1) is 0 Å². The second-order valence-electron chi connectivity index (χ2n) is 3.19. The number of ether oxygens (including phenoxy) is 1. The van der Waals surface area contributed by atoms with Crippen LogP contribution in [0.15, 0.2) is 28.9 Å². The van der Waals surface area contributed by atoms with Gasteiger partial charge < -0.3 is 14.5 Å². The van der Waals surface area contributed by atoms with Crippen molar-refractivity contribution in [1.29, 1.82) is 0 Å². The second kappa shape index (κ2) is 7.70. The third kappa shape index (κ3) is 5.36. The molecule has 1 heterocycles. The molecule has 88 valence electrons. The third-order valence-electron chi connectivity index (χ3n) is 1.91. The monoisotopic (exact) mass is 223 g/mol. The summed E-state index contributed by atoms with van der Waals surface area (Å²) in [5.74, 6) is 0.553. The van der Waals surface area contributed by atoms with Gasteiger partial charge in [0.15, 0.2) is 0 Å². The van der Waals surface area contributed by atoms with Crippen LogP contribution in [0.25, 0.3) is 6.08 Å². The molecule has 1 N–H and O–H groups in total. The number of nitrogens with one attached hydrogen (secondary N) is 1. The Morgan fingerprint density at radius 2 is 2.50 bits per heavy atom. The summed E-state index contributed by atoms with van der Waals surface area (Å²) in [6, 6.07) is 3.57. The molecule has 0 fully saturated rings. The van der Waals surface area contributed by atoms with Gasteiger partial charge in [-0.05, 0) is 31.6 Å². The Bertz CT molecular complexity index is 317. The molecular formula is C12H17NO3. The van der Waals surface area contributed by atoms with Crippen LogP contribution in [0.2, 0.25) is 0 Å². The molecule has 0 aromatic carbocycles. The summed E-state index contributed by atoms with van der Waals surface area (Å²) in [6.45, 7) is 3.97. The highest BCUT2D eigenvalue weighted by molar-refractivity contribution is 5.91. The molecule has 0 spiro atoms. The maximum absolute atomic E-state index is 11.3. The molecule has 1 rings (SSSR count).